The summed E-state index contributed by atoms with van der Waals surface area (Å²) < 4.78 is 0. The Kier molecular flexibility index (Phi) is 8.19. The average Bonchev–Trinajstić information content (AvgIpc) is 3.08. The first kappa shape index (κ1) is 20.5. The van der Waals surface area contributed by atoms with Crippen LogP contribution in [0.4, 0.5) is 0 Å². The summed E-state index contributed by atoms with van der Waals surface area (Å²) in [7, 11) is 3.50. The number of likely N-dealkylation sites (N-methyl/N-ethyl adjacent to an activating group) is 2. The number of carbonyl (C=O) groups excluding carboxylic acids is 1. The van der Waals surface area contributed by atoms with E-state index in [1.807, 2.05) is 24.3 Å². The molecule has 1 unspecified atom stereocenters. The zero-order valence-corrected chi connectivity index (χ0v) is 16.7. The largest absolute Gasteiger partial charge is 0.355 e. The first-order chi connectivity index (χ1) is 12.5. The van der Waals surface area contributed by atoms with Crippen LogP contribution >= 0.6 is 11.6 Å². The third-order valence-electron chi connectivity index (χ3n) is 4.63. The third-order valence-corrected chi connectivity index (χ3v) is 4.86. The Morgan fingerprint density at radius 1 is 1.38 bits per heavy atom. The first-order valence-corrected chi connectivity index (χ1v) is 9.58. The fourth-order valence-electron chi connectivity index (χ4n) is 3.05. The van der Waals surface area contributed by atoms with Crippen LogP contribution in [0.25, 0.3) is 0 Å². The van der Waals surface area contributed by atoms with E-state index in [-0.39, 0.29) is 12.5 Å². The Bertz CT molecular complexity index is 620. The number of nitrogens with one attached hydrogen (secondary N) is 2. The minimum absolute atomic E-state index is 0.0123. The predicted octanol–water partition coefficient (Wildman–Crippen LogP) is 1.95. The van der Waals surface area contributed by atoms with Crippen LogP contribution in [0.2, 0.25) is 5.02 Å². The van der Waals surface area contributed by atoms with Crippen LogP contribution < -0.4 is 10.6 Å². The first-order valence-electron chi connectivity index (χ1n) is 9.20. The SMILES string of the molecule is CCN1CCCC1CNC(=NCc1cccc(Cl)c1)NCC(=O)N(C)C. The van der Waals surface area contributed by atoms with E-state index < -0.39 is 0 Å². The molecule has 1 amide bonds. The summed E-state index contributed by atoms with van der Waals surface area (Å²) in [6.07, 6.45) is 2.43. The Morgan fingerprint density at radius 2 is 2.19 bits per heavy atom. The zero-order valence-electron chi connectivity index (χ0n) is 16.0. The van der Waals surface area contributed by atoms with E-state index in [1.54, 1.807) is 19.0 Å². The second kappa shape index (κ2) is 10.4. The second-order valence-electron chi connectivity index (χ2n) is 6.74. The smallest absolute Gasteiger partial charge is 0.241 e. The molecule has 1 aliphatic rings. The van der Waals surface area contributed by atoms with Gasteiger partial charge in [0.1, 0.15) is 0 Å². The molecule has 1 fully saturated rings. The molecule has 0 bridgehead atoms. The van der Waals surface area contributed by atoms with Gasteiger partial charge >= 0.3 is 0 Å². The maximum absolute atomic E-state index is 11.9. The molecule has 0 radical (unpaired) electrons. The Morgan fingerprint density at radius 3 is 2.88 bits per heavy atom. The summed E-state index contributed by atoms with van der Waals surface area (Å²) in [6, 6.07) is 8.18. The summed E-state index contributed by atoms with van der Waals surface area (Å²) in [6.45, 7) is 5.97. The number of benzene rings is 1. The summed E-state index contributed by atoms with van der Waals surface area (Å²) in [5.74, 6) is 0.668. The summed E-state index contributed by atoms with van der Waals surface area (Å²) in [4.78, 5) is 20.6. The molecule has 144 valence electrons. The van der Waals surface area contributed by atoms with E-state index in [4.69, 9.17) is 11.6 Å². The van der Waals surface area contributed by atoms with Gasteiger partial charge in [-0.25, -0.2) is 4.99 Å². The maximum atomic E-state index is 11.9. The molecule has 0 spiro atoms. The minimum atomic E-state index is 0.0123. The maximum Gasteiger partial charge on any atom is 0.241 e. The van der Waals surface area contributed by atoms with Crippen molar-refractivity contribution in [2.45, 2.75) is 32.4 Å². The van der Waals surface area contributed by atoms with Crippen LogP contribution in [-0.2, 0) is 11.3 Å². The van der Waals surface area contributed by atoms with Crippen molar-refractivity contribution in [2.75, 3.05) is 40.3 Å². The molecule has 1 atom stereocenters. The minimum Gasteiger partial charge on any atom is -0.355 e. The van der Waals surface area contributed by atoms with E-state index in [9.17, 15) is 4.79 Å². The molecule has 1 heterocycles. The Labute approximate surface area is 161 Å². The standard InChI is InChI=1S/C19H30ClN5O/c1-4-25-10-6-9-17(25)13-22-19(23-14-18(26)24(2)3)21-12-15-7-5-8-16(20)11-15/h5,7-8,11,17H,4,6,9-10,12-14H2,1-3H3,(H2,21,22,23). The number of rotatable bonds is 7. The lowest BCUT2D eigenvalue weighted by atomic mass is 10.2. The van der Waals surface area contributed by atoms with Crippen LogP contribution in [0.5, 0.6) is 0 Å². The highest BCUT2D eigenvalue weighted by Gasteiger charge is 2.22. The molecule has 0 aromatic heterocycles. The molecular weight excluding hydrogens is 350 g/mol. The number of amides is 1. The molecule has 26 heavy (non-hydrogen) atoms. The van der Waals surface area contributed by atoms with Gasteiger partial charge in [0.25, 0.3) is 0 Å². The van der Waals surface area contributed by atoms with Gasteiger partial charge in [-0.2, -0.15) is 0 Å². The molecule has 6 nitrogen and oxygen atoms in total. The van der Waals surface area contributed by atoms with Crippen LogP contribution in [-0.4, -0.2) is 68.0 Å². The molecule has 0 aliphatic carbocycles. The van der Waals surface area contributed by atoms with Gasteiger partial charge in [0, 0.05) is 31.7 Å². The van der Waals surface area contributed by atoms with E-state index in [0.29, 0.717) is 23.6 Å². The summed E-state index contributed by atoms with van der Waals surface area (Å²) >= 11 is 6.04. The van der Waals surface area contributed by atoms with Crippen molar-refractivity contribution in [1.82, 2.24) is 20.4 Å². The molecular formula is C19H30ClN5O. The number of hydrogen-bond acceptors (Lipinski definition) is 3. The van der Waals surface area contributed by atoms with Gasteiger partial charge in [0.2, 0.25) is 5.91 Å². The van der Waals surface area contributed by atoms with E-state index in [2.05, 4.69) is 27.4 Å². The molecule has 2 rings (SSSR count). The predicted molar refractivity (Wildman–Crippen MR) is 108 cm³/mol. The van der Waals surface area contributed by atoms with E-state index in [1.165, 1.54) is 12.8 Å². The van der Waals surface area contributed by atoms with Crippen molar-refractivity contribution in [1.29, 1.82) is 0 Å². The number of likely N-dealkylation sites (tertiary alicyclic amines) is 1. The average molecular weight is 380 g/mol. The number of nitrogens with zero attached hydrogens (tertiary/aromatic N) is 3. The van der Waals surface area contributed by atoms with Crippen molar-refractivity contribution in [3.8, 4) is 0 Å². The van der Waals surface area contributed by atoms with Crippen LogP contribution in [0.1, 0.15) is 25.3 Å². The van der Waals surface area contributed by atoms with E-state index in [0.717, 1.165) is 25.2 Å². The van der Waals surface area contributed by atoms with Gasteiger partial charge in [-0.15, -0.1) is 0 Å². The molecule has 1 aromatic carbocycles. The summed E-state index contributed by atoms with van der Waals surface area (Å²) in [5.41, 5.74) is 1.04. The third kappa shape index (κ3) is 6.50. The van der Waals surface area contributed by atoms with Gasteiger partial charge in [-0.05, 0) is 43.6 Å². The molecule has 0 saturated carbocycles. The van der Waals surface area contributed by atoms with Gasteiger partial charge in [0.05, 0.1) is 13.1 Å². The Balaban J connectivity index is 1.97. The van der Waals surface area contributed by atoms with Crippen molar-refractivity contribution in [3.05, 3.63) is 34.9 Å². The highest BCUT2D eigenvalue weighted by Crippen LogP contribution is 2.15. The monoisotopic (exact) mass is 379 g/mol. The molecule has 2 N–H and O–H groups in total. The number of hydrogen-bond donors (Lipinski definition) is 2. The van der Waals surface area contributed by atoms with Gasteiger partial charge < -0.3 is 15.5 Å². The van der Waals surface area contributed by atoms with Crippen molar-refractivity contribution < 1.29 is 4.79 Å². The summed E-state index contributed by atoms with van der Waals surface area (Å²) in [5, 5.41) is 7.24. The highest BCUT2D eigenvalue weighted by atomic mass is 35.5. The van der Waals surface area contributed by atoms with Gasteiger partial charge in [-0.1, -0.05) is 30.7 Å². The van der Waals surface area contributed by atoms with Crippen molar-refractivity contribution >= 4 is 23.5 Å². The normalized spacial score (nSPS) is 18.0. The zero-order chi connectivity index (χ0) is 18.9. The van der Waals surface area contributed by atoms with Crippen molar-refractivity contribution in [2.24, 2.45) is 4.99 Å². The number of guanidine groups is 1. The highest BCUT2D eigenvalue weighted by molar-refractivity contribution is 6.30. The molecule has 1 aromatic rings. The number of carbonyl (C=O) groups is 1. The fraction of sp³-hybridized carbons (Fsp3) is 0.579. The quantitative estimate of drug-likeness (QED) is 0.561. The molecule has 7 heteroatoms. The topological polar surface area (TPSA) is 60.0 Å². The van der Waals surface area contributed by atoms with Crippen LogP contribution in [0.3, 0.4) is 0 Å². The lowest BCUT2D eigenvalue weighted by Crippen LogP contribution is -2.47. The second-order valence-corrected chi connectivity index (χ2v) is 7.18. The van der Waals surface area contributed by atoms with E-state index >= 15 is 0 Å². The Hall–Kier alpha value is -1.79. The number of halogens is 1. The lowest BCUT2D eigenvalue weighted by Gasteiger charge is -2.24. The molecule has 1 aliphatic heterocycles. The molecule has 1 saturated heterocycles. The van der Waals surface area contributed by atoms with Gasteiger partial charge in [0.15, 0.2) is 5.96 Å². The number of aliphatic imine (C=N–C) groups is 1. The van der Waals surface area contributed by atoms with Gasteiger partial charge in [-0.3, -0.25) is 9.69 Å². The van der Waals surface area contributed by atoms with Crippen LogP contribution in [0.15, 0.2) is 29.3 Å². The fourth-order valence-corrected chi connectivity index (χ4v) is 3.27. The van der Waals surface area contributed by atoms with Crippen LogP contribution in [0, 0.1) is 0 Å². The van der Waals surface area contributed by atoms with Crippen molar-refractivity contribution in [3.63, 3.8) is 0 Å². The lowest BCUT2D eigenvalue weighted by molar-refractivity contribution is -0.127.